The van der Waals surface area contributed by atoms with Crippen LogP contribution in [0.25, 0.3) is 0 Å². The van der Waals surface area contributed by atoms with Gasteiger partial charge in [-0.2, -0.15) is 0 Å². The van der Waals surface area contributed by atoms with Crippen LogP contribution < -0.4 is 21.1 Å². The number of carbonyl (C=O) groups is 2. The molecular formula is C19H23Cl2N3O3. The van der Waals surface area contributed by atoms with E-state index in [4.69, 9.17) is 22.1 Å². The summed E-state index contributed by atoms with van der Waals surface area (Å²) in [6.45, 7) is 1.32. The van der Waals surface area contributed by atoms with E-state index in [1.165, 1.54) is 0 Å². The topological polar surface area (TPSA) is 93.4 Å². The Balaban J connectivity index is 0.00000364. The third-order valence-corrected chi connectivity index (χ3v) is 3.75. The molecule has 0 aliphatic carbocycles. The lowest BCUT2D eigenvalue weighted by Gasteiger charge is -2.08. The molecule has 0 bridgehead atoms. The van der Waals surface area contributed by atoms with Gasteiger partial charge in [-0.3, -0.25) is 9.59 Å². The van der Waals surface area contributed by atoms with Crippen LogP contribution in [-0.4, -0.2) is 31.5 Å². The van der Waals surface area contributed by atoms with Crippen molar-refractivity contribution in [1.29, 1.82) is 0 Å². The van der Waals surface area contributed by atoms with Crippen LogP contribution >= 0.6 is 24.0 Å². The molecule has 0 unspecified atom stereocenters. The summed E-state index contributed by atoms with van der Waals surface area (Å²) >= 11 is 5.79. The van der Waals surface area contributed by atoms with E-state index in [0.29, 0.717) is 54.6 Å². The third-order valence-electron chi connectivity index (χ3n) is 3.50. The van der Waals surface area contributed by atoms with Gasteiger partial charge in [0, 0.05) is 35.8 Å². The van der Waals surface area contributed by atoms with Crippen molar-refractivity contribution in [2.45, 2.75) is 12.8 Å². The first-order valence-corrected chi connectivity index (χ1v) is 8.73. The molecule has 0 saturated heterocycles. The molecule has 8 heteroatoms. The maximum absolute atomic E-state index is 11.9. The van der Waals surface area contributed by atoms with Crippen molar-refractivity contribution in [3.05, 3.63) is 59.1 Å². The molecule has 2 amide bonds. The van der Waals surface area contributed by atoms with Crippen molar-refractivity contribution in [2.24, 2.45) is 5.73 Å². The molecule has 0 atom stereocenters. The Morgan fingerprint density at radius 3 is 2.33 bits per heavy atom. The molecule has 2 aromatic rings. The monoisotopic (exact) mass is 411 g/mol. The van der Waals surface area contributed by atoms with Crippen LogP contribution in [0.15, 0.2) is 48.5 Å². The largest absolute Gasteiger partial charge is 0.492 e. The maximum Gasteiger partial charge on any atom is 0.251 e. The first-order chi connectivity index (χ1) is 12.6. The van der Waals surface area contributed by atoms with E-state index in [0.717, 1.165) is 0 Å². The fraction of sp³-hybridized carbons (Fsp3) is 0.263. The molecule has 0 aromatic heterocycles. The molecule has 0 fully saturated rings. The van der Waals surface area contributed by atoms with Crippen LogP contribution in [0.5, 0.6) is 5.75 Å². The molecule has 0 heterocycles. The quantitative estimate of drug-likeness (QED) is 0.552. The minimum Gasteiger partial charge on any atom is -0.492 e. The van der Waals surface area contributed by atoms with E-state index < -0.39 is 0 Å². The van der Waals surface area contributed by atoms with Crippen LogP contribution in [0, 0.1) is 0 Å². The summed E-state index contributed by atoms with van der Waals surface area (Å²) in [6.07, 6.45) is 0.856. The highest BCUT2D eigenvalue weighted by molar-refractivity contribution is 6.30. The number of carbonyl (C=O) groups excluding carboxylic acids is 2. The van der Waals surface area contributed by atoms with Gasteiger partial charge in [0.25, 0.3) is 5.91 Å². The lowest BCUT2D eigenvalue weighted by Crippen LogP contribution is -2.25. The van der Waals surface area contributed by atoms with Crippen LogP contribution in [-0.2, 0) is 4.79 Å². The summed E-state index contributed by atoms with van der Waals surface area (Å²) in [5, 5.41) is 6.16. The highest BCUT2D eigenvalue weighted by Gasteiger charge is 2.06. The second-order valence-electron chi connectivity index (χ2n) is 5.58. The van der Waals surface area contributed by atoms with Gasteiger partial charge in [-0.25, -0.2) is 0 Å². The first-order valence-electron chi connectivity index (χ1n) is 8.35. The second kappa shape index (κ2) is 12.2. The van der Waals surface area contributed by atoms with Crippen LogP contribution in [0.1, 0.15) is 23.2 Å². The van der Waals surface area contributed by atoms with Crippen molar-refractivity contribution >= 4 is 41.5 Å². The molecule has 0 aliphatic heterocycles. The number of nitrogens with one attached hydrogen (secondary N) is 2. The Kier molecular flexibility index (Phi) is 10.3. The number of hydrogen-bond donors (Lipinski definition) is 3. The average Bonchev–Trinajstić information content (AvgIpc) is 2.65. The van der Waals surface area contributed by atoms with Gasteiger partial charge in [-0.1, -0.05) is 11.6 Å². The van der Waals surface area contributed by atoms with Crippen molar-refractivity contribution in [2.75, 3.05) is 25.0 Å². The Labute approximate surface area is 169 Å². The Morgan fingerprint density at radius 1 is 1.04 bits per heavy atom. The normalized spacial score (nSPS) is 9.85. The smallest absolute Gasteiger partial charge is 0.251 e. The van der Waals surface area contributed by atoms with Gasteiger partial charge in [0.15, 0.2) is 0 Å². The minimum absolute atomic E-state index is 0. The number of halogens is 2. The fourth-order valence-corrected chi connectivity index (χ4v) is 2.31. The van der Waals surface area contributed by atoms with Crippen molar-refractivity contribution in [1.82, 2.24) is 5.32 Å². The summed E-state index contributed by atoms with van der Waals surface area (Å²) in [5.74, 6) is 0.412. The number of benzene rings is 2. The molecule has 0 aliphatic rings. The Morgan fingerprint density at radius 2 is 1.70 bits per heavy atom. The SMILES string of the molecule is Cl.NCCOc1ccc(NC(=O)CCCNC(=O)c2ccc(Cl)cc2)cc1. The number of ether oxygens (including phenoxy) is 1. The maximum atomic E-state index is 11.9. The third kappa shape index (κ3) is 8.30. The number of nitrogens with two attached hydrogens (primary N) is 1. The molecule has 6 nitrogen and oxygen atoms in total. The predicted molar refractivity (Wildman–Crippen MR) is 110 cm³/mol. The van der Waals surface area contributed by atoms with Crippen molar-refractivity contribution in [3.63, 3.8) is 0 Å². The molecule has 27 heavy (non-hydrogen) atoms. The average molecular weight is 412 g/mol. The van der Waals surface area contributed by atoms with Gasteiger partial charge in [-0.05, 0) is 55.0 Å². The minimum atomic E-state index is -0.185. The summed E-state index contributed by atoms with van der Waals surface area (Å²) in [4.78, 5) is 23.9. The predicted octanol–water partition coefficient (Wildman–Crippen LogP) is 3.25. The lowest BCUT2D eigenvalue weighted by molar-refractivity contribution is -0.116. The summed E-state index contributed by atoms with van der Waals surface area (Å²) in [6, 6.07) is 13.7. The van der Waals surface area contributed by atoms with E-state index in [2.05, 4.69) is 10.6 Å². The fourth-order valence-electron chi connectivity index (χ4n) is 2.19. The Bertz CT molecular complexity index is 722. The van der Waals surface area contributed by atoms with Crippen molar-refractivity contribution < 1.29 is 14.3 Å². The lowest BCUT2D eigenvalue weighted by atomic mass is 10.2. The van der Waals surface area contributed by atoms with Crippen LogP contribution in [0.2, 0.25) is 5.02 Å². The van der Waals surface area contributed by atoms with E-state index >= 15 is 0 Å². The van der Waals surface area contributed by atoms with Gasteiger partial charge in [0.1, 0.15) is 12.4 Å². The number of amides is 2. The van der Waals surface area contributed by atoms with E-state index in [9.17, 15) is 9.59 Å². The highest BCUT2D eigenvalue weighted by atomic mass is 35.5. The van der Waals surface area contributed by atoms with Crippen molar-refractivity contribution in [3.8, 4) is 5.75 Å². The molecule has 0 spiro atoms. The number of anilines is 1. The summed E-state index contributed by atoms with van der Waals surface area (Å²) in [5.41, 5.74) is 6.61. The Hall–Kier alpha value is -2.28. The van der Waals surface area contributed by atoms with E-state index in [1.807, 2.05) is 0 Å². The summed E-state index contributed by atoms with van der Waals surface area (Å²) < 4.78 is 5.37. The van der Waals surface area contributed by atoms with Gasteiger partial charge < -0.3 is 21.1 Å². The molecule has 2 aromatic carbocycles. The van der Waals surface area contributed by atoms with Gasteiger partial charge in [0.2, 0.25) is 5.91 Å². The zero-order chi connectivity index (χ0) is 18.8. The number of rotatable bonds is 9. The van der Waals surface area contributed by atoms with Crippen LogP contribution in [0.3, 0.4) is 0 Å². The van der Waals surface area contributed by atoms with E-state index in [-0.39, 0.29) is 24.2 Å². The highest BCUT2D eigenvalue weighted by Crippen LogP contribution is 2.15. The summed E-state index contributed by atoms with van der Waals surface area (Å²) in [7, 11) is 0. The van der Waals surface area contributed by atoms with Crippen LogP contribution in [0.4, 0.5) is 5.69 Å². The molecular weight excluding hydrogens is 389 g/mol. The zero-order valence-corrected chi connectivity index (χ0v) is 16.3. The molecule has 4 N–H and O–H groups in total. The molecule has 146 valence electrons. The molecule has 0 radical (unpaired) electrons. The zero-order valence-electron chi connectivity index (χ0n) is 14.7. The second-order valence-corrected chi connectivity index (χ2v) is 6.01. The van der Waals surface area contributed by atoms with Gasteiger partial charge >= 0.3 is 0 Å². The van der Waals surface area contributed by atoms with E-state index in [1.54, 1.807) is 48.5 Å². The standard InChI is InChI=1S/C19H22ClN3O3.ClH/c20-15-5-3-14(4-6-15)19(25)22-12-1-2-18(24)23-16-7-9-17(10-8-16)26-13-11-21;/h3-10H,1-2,11-13,21H2,(H,22,25)(H,23,24);1H. The first kappa shape index (κ1) is 22.8. The molecule has 2 rings (SSSR count). The molecule has 0 saturated carbocycles. The van der Waals surface area contributed by atoms with Gasteiger partial charge in [-0.15, -0.1) is 12.4 Å². The van der Waals surface area contributed by atoms with Gasteiger partial charge in [0.05, 0.1) is 0 Å². The number of hydrogen-bond acceptors (Lipinski definition) is 4.